The Morgan fingerprint density at radius 2 is 1.77 bits per heavy atom. The fraction of sp³-hybridized carbons (Fsp3) is 0.435. The first-order valence-electron chi connectivity index (χ1n) is 10.4. The van der Waals surface area contributed by atoms with Crippen molar-refractivity contribution < 1.29 is 19.1 Å². The third kappa shape index (κ3) is 6.69. The summed E-state index contributed by atoms with van der Waals surface area (Å²) >= 11 is 1.61. The Bertz CT molecular complexity index is 834. The Balaban J connectivity index is 1.65. The molecule has 1 aliphatic rings. The maximum Gasteiger partial charge on any atom is 0.306 e. The molecule has 3 rings (SSSR count). The van der Waals surface area contributed by atoms with Gasteiger partial charge in [-0.3, -0.25) is 14.4 Å². The topological polar surface area (TPSA) is 66.9 Å². The second-order valence-corrected chi connectivity index (χ2v) is 8.40. The summed E-state index contributed by atoms with van der Waals surface area (Å²) in [4.78, 5) is 42.1. The molecule has 0 radical (unpaired) electrons. The van der Waals surface area contributed by atoms with E-state index in [4.69, 9.17) is 4.74 Å². The molecule has 1 fully saturated rings. The highest BCUT2D eigenvalue weighted by Crippen LogP contribution is 2.28. The first kappa shape index (κ1) is 22.0. The minimum atomic E-state index is -0.378. The van der Waals surface area contributed by atoms with Gasteiger partial charge < -0.3 is 14.5 Å². The number of rotatable bonds is 11. The molecule has 2 amide bonds. The molecule has 6 nitrogen and oxygen atoms in total. The van der Waals surface area contributed by atoms with E-state index in [0.717, 1.165) is 23.3 Å². The lowest BCUT2D eigenvalue weighted by Crippen LogP contribution is -2.43. The van der Waals surface area contributed by atoms with E-state index in [-0.39, 0.29) is 43.2 Å². The zero-order valence-electron chi connectivity index (χ0n) is 17.3. The molecular formula is C23H28N2O4S. The van der Waals surface area contributed by atoms with E-state index >= 15 is 0 Å². The zero-order valence-corrected chi connectivity index (χ0v) is 18.1. The molecule has 0 saturated heterocycles. The van der Waals surface area contributed by atoms with Gasteiger partial charge >= 0.3 is 5.97 Å². The Hall–Kier alpha value is -2.67. The lowest BCUT2D eigenvalue weighted by atomic mass is 10.2. The van der Waals surface area contributed by atoms with E-state index in [9.17, 15) is 14.4 Å². The Kier molecular flexibility index (Phi) is 8.02. The molecule has 1 aromatic heterocycles. The zero-order chi connectivity index (χ0) is 21.3. The van der Waals surface area contributed by atoms with Gasteiger partial charge in [0.2, 0.25) is 11.8 Å². The molecule has 1 saturated carbocycles. The van der Waals surface area contributed by atoms with Gasteiger partial charge in [0, 0.05) is 23.9 Å². The van der Waals surface area contributed by atoms with Crippen molar-refractivity contribution in [3.05, 3.63) is 58.3 Å². The highest BCUT2D eigenvalue weighted by atomic mass is 32.1. The van der Waals surface area contributed by atoms with Gasteiger partial charge in [-0.2, -0.15) is 0 Å². The number of hydrogen-bond acceptors (Lipinski definition) is 5. The molecule has 2 aromatic rings. The number of hydrogen-bond donors (Lipinski definition) is 0. The number of carbonyl (C=O) groups excluding carboxylic acids is 3. The van der Waals surface area contributed by atoms with Crippen LogP contribution in [0.3, 0.4) is 0 Å². The van der Waals surface area contributed by atoms with Gasteiger partial charge in [0.1, 0.15) is 6.54 Å². The number of carbonyl (C=O) groups is 3. The van der Waals surface area contributed by atoms with E-state index in [1.165, 1.54) is 0 Å². The van der Waals surface area contributed by atoms with Gasteiger partial charge in [-0.05, 0) is 36.8 Å². The summed E-state index contributed by atoms with van der Waals surface area (Å²) in [5.74, 6) is -0.616. The van der Waals surface area contributed by atoms with Crippen molar-refractivity contribution in [3.63, 3.8) is 0 Å². The predicted octanol–water partition coefficient (Wildman–Crippen LogP) is 3.61. The maximum absolute atomic E-state index is 13.2. The molecule has 0 unspecified atom stereocenters. The summed E-state index contributed by atoms with van der Waals surface area (Å²) in [6, 6.07) is 13.9. The van der Waals surface area contributed by atoms with Crippen molar-refractivity contribution in [2.45, 2.75) is 51.7 Å². The van der Waals surface area contributed by atoms with Crippen LogP contribution >= 0.6 is 11.3 Å². The Morgan fingerprint density at radius 3 is 2.40 bits per heavy atom. The second kappa shape index (κ2) is 10.9. The quantitative estimate of drug-likeness (QED) is 0.513. The second-order valence-electron chi connectivity index (χ2n) is 7.37. The van der Waals surface area contributed by atoms with Crippen LogP contribution in [-0.4, -0.2) is 46.8 Å². The first-order valence-corrected chi connectivity index (χ1v) is 11.2. The van der Waals surface area contributed by atoms with Crippen molar-refractivity contribution >= 4 is 29.1 Å². The van der Waals surface area contributed by atoms with E-state index in [2.05, 4.69) is 0 Å². The number of ether oxygens (including phenoxy) is 1. The maximum atomic E-state index is 13.2. The normalized spacial score (nSPS) is 13.0. The lowest BCUT2D eigenvalue weighted by Gasteiger charge is -2.27. The minimum absolute atomic E-state index is 0.0462. The molecule has 0 aliphatic heterocycles. The van der Waals surface area contributed by atoms with Crippen molar-refractivity contribution in [1.29, 1.82) is 0 Å². The van der Waals surface area contributed by atoms with E-state index < -0.39 is 0 Å². The number of benzene rings is 1. The molecule has 1 aliphatic carbocycles. The van der Waals surface area contributed by atoms with Crippen LogP contribution in [-0.2, 0) is 32.2 Å². The fourth-order valence-electron chi connectivity index (χ4n) is 3.27. The molecule has 0 N–H and O–H groups in total. The highest BCUT2D eigenvalue weighted by molar-refractivity contribution is 7.09. The minimum Gasteiger partial charge on any atom is -0.466 e. The first-order chi connectivity index (χ1) is 14.6. The summed E-state index contributed by atoms with van der Waals surface area (Å²) in [6.45, 7) is 3.09. The van der Waals surface area contributed by atoms with Crippen LogP contribution in [0, 0.1) is 0 Å². The number of nitrogens with zero attached hydrogens (tertiary/aromatic N) is 2. The summed E-state index contributed by atoms with van der Waals surface area (Å²) in [5.41, 5.74) is 1.05. The molecular weight excluding hydrogens is 400 g/mol. The third-order valence-corrected chi connectivity index (χ3v) is 5.82. The van der Waals surface area contributed by atoms with Gasteiger partial charge in [-0.25, -0.2) is 0 Å². The molecule has 30 heavy (non-hydrogen) atoms. The molecule has 160 valence electrons. The van der Waals surface area contributed by atoms with Crippen LogP contribution < -0.4 is 0 Å². The lowest BCUT2D eigenvalue weighted by molar-refractivity contribution is -0.146. The monoisotopic (exact) mass is 428 g/mol. The van der Waals surface area contributed by atoms with Crippen LogP contribution in [0.4, 0.5) is 0 Å². The van der Waals surface area contributed by atoms with Crippen LogP contribution in [0.15, 0.2) is 47.8 Å². The summed E-state index contributed by atoms with van der Waals surface area (Å²) in [7, 11) is 0. The van der Waals surface area contributed by atoms with Gasteiger partial charge in [0.05, 0.1) is 19.6 Å². The van der Waals surface area contributed by atoms with Crippen molar-refractivity contribution in [2.24, 2.45) is 0 Å². The predicted molar refractivity (Wildman–Crippen MR) is 116 cm³/mol. The summed E-state index contributed by atoms with van der Waals surface area (Å²) < 4.78 is 4.91. The largest absolute Gasteiger partial charge is 0.466 e. The molecule has 0 spiro atoms. The standard InChI is InChI=1S/C23H28N2O4S/c1-2-29-23(28)13-12-21(26)25(19-10-11-19)17-22(27)24(16-20-9-6-14-30-20)15-18-7-4-3-5-8-18/h3-9,14,19H,2,10-13,15-17H2,1H3. The Morgan fingerprint density at radius 1 is 1.00 bits per heavy atom. The average molecular weight is 429 g/mol. The SMILES string of the molecule is CCOC(=O)CCC(=O)N(CC(=O)N(Cc1ccccc1)Cc1cccs1)C1CC1. The molecule has 1 heterocycles. The number of thiophene rings is 1. The van der Waals surface area contributed by atoms with Crippen LogP contribution in [0.2, 0.25) is 0 Å². The average Bonchev–Trinajstić information content (AvgIpc) is 3.46. The van der Waals surface area contributed by atoms with Crippen molar-refractivity contribution in [2.75, 3.05) is 13.2 Å². The van der Waals surface area contributed by atoms with Crippen molar-refractivity contribution in [3.8, 4) is 0 Å². The van der Waals surface area contributed by atoms with Crippen LogP contribution in [0.5, 0.6) is 0 Å². The van der Waals surface area contributed by atoms with E-state index in [1.54, 1.807) is 28.1 Å². The molecule has 7 heteroatoms. The molecule has 0 bridgehead atoms. The fourth-order valence-corrected chi connectivity index (χ4v) is 3.98. The van der Waals surface area contributed by atoms with Crippen LogP contribution in [0.25, 0.3) is 0 Å². The van der Waals surface area contributed by atoms with Crippen LogP contribution in [0.1, 0.15) is 43.0 Å². The Labute approximate surface area is 181 Å². The van der Waals surface area contributed by atoms with Gasteiger partial charge in [0.25, 0.3) is 0 Å². The van der Waals surface area contributed by atoms with Gasteiger partial charge in [-0.1, -0.05) is 36.4 Å². The summed E-state index contributed by atoms with van der Waals surface area (Å²) in [6.07, 6.45) is 1.93. The molecule has 1 aromatic carbocycles. The van der Waals surface area contributed by atoms with E-state index in [0.29, 0.717) is 19.7 Å². The third-order valence-electron chi connectivity index (χ3n) is 4.96. The van der Waals surface area contributed by atoms with Crippen molar-refractivity contribution in [1.82, 2.24) is 9.80 Å². The van der Waals surface area contributed by atoms with Gasteiger partial charge in [0.15, 0.2) is 0 Å². The number of amides is 2. The number of esters is 1. The van der Waals surface area contributed by atoms with E-state index in [1.807, 2.05) is 47.8 Å². The highest BCUT2D eigenvalue weighted by Gasteiger charge is 2.34. The molecule has 0 atom stereocenters. The van der Waals surface area contributed by atoms with Gasteiger partial charge in [-0.15, -0.1) is 11.3 Å². The smallest absolute Gasteiger partial charge is 0.306 e. The summed E-state index contributed by atoms with van der Waals surface area (Å²) in [5, 5.41) is 2.00.